The molecule has 0 radical (unpaired) electrons. The summed E-state index contributed by atoms with van der Waals surface area (Å²) in [6.07, 6.45) is 20.6. The summed E-state index contributed by atoms with van der Waals surface area (Å²) in [5, 5.41) is 21.2. The highest BCUT2D eigenvalue weighted by Crippen LogP contribution is 2.63. The monoisotopic (exact) mass is 611 g/mol. The third-order valence-electron chi connectivity index (χ3n) is 12.7. The van der Waals surface area contributed by atoms with Crippen LogP contribution in [0.3, 0.4) is 0 Å². The quantitative estimate of drug-likeness (QED) is 0.194. The maximum absolute atomic E-state index is 16.1. The van der Waals surface area contributed by atoms with Gasteiger partial charge < -0.3 is 15.1 Å². The Balaban J connectivity index is 1.21. The van der Waals surface area contributed by atoms with Gasteiger partial charge in [0.15, 0.2) is 0 Å². The number of hydrogen-bond acceptors (Lipinski definition) is 3. The highest BCUT2D eigenvalue weighted by atomic mass is 19.1. The number of alkyl halides is 1. The van der Waals surface area contributed by atoms with Gasteiger partial charge in [-0.1, -0.05) is 90.5 Å². The van der Waals surface area contributed by atoms with Crippen molar-refractivity contribution in [2.45, 2.75) is 160 Å². The van der Waals surface area contributed by atoms with Crippen LogP contribution in [0.4, 0.5) is 4.39 Å². The van der Waals surface area contributed by atoms with E-state index in [1.54, 1.807) is 6.07 Å². The molecule has 5 rings (SSSR count). The fourth-order valence-electron chi connectivity index (χ4n) is 10.1. The second-order valence-electron chi connectivity index (χ2n) is 15.6. The molecule has 5 heteroatoms. The van der Waals surface area contributed by atoms with Crippen molar-refractivity contribution < 1.29 is 19.4 Å². The lowest BCUT2D eigenvalue weighted by atomic mass is 9.51. The first-order valence-electron chi connectivity index (χ1n) is 18.7. The smallest absolute Gasteiger partial charge is 0.222 e. The predicted molar refractivity (Wildman–Crippen MR) is 177 cm³/mol. The van der Waals surface area contributed by atoms with Crippen LogP contribution in [-0.4, -0.2) is 46.4 Å². The standard InChI is InChI=1S/C39H62FNO3/c1-3-4-5-6-7-12-23-41(36(44)22-17-28-14-9-8-10-15-28)24-13-11-16-29-25-30-26-31(42)18-19-32(30)38-34(40)27-39(2)33(37(29)38)20-21-35(39)43/h18-19,26,28-29,33-35,37-38,42-43H,3-17,20-25,27H2,1-2H3/t29?,33?,34?,35?,37?,38?,39-/m0/s1. The number of aliphatic hydroxyl groups is 1. The first-order valence-corrected chi connectivity index (χ1v) is 18.7. The average Bonchev–Trinajstić information content (AvgIpc) is 3.31. The minimum absolute atomic E-state index is 0.140. The number of rotatable bonds is 15. The first-order chi connectivity index (χ1) is 21.3. The van der Waals surface area contributed by atoms with Crippen molar-refractivity contribution in [2.75, 3.05) is 13.1 Å². The lowest BCUT2D eigenvalue weighted by Crippen LogP contribution is -2.51. The summed E-state index contributed by atoms with van der Waals surface area (Å²) in [4.78, 5) is 15.7. The van der Waals surface area contributed by atoms with E-state index in [1.807, 2.05) is 12.1 Å². The van der Waals surface area contributed by atoms with E-state index >= 15 is 4.39 Å². The lowest BCUT2D eigenvalue weighted by molar-refractivity contribution is -0.131. The number of carbonyl (C=O) groups excluding carboxylic acids is 1. The molecule has 0 aromatic heterocycles. The zero-order valence-electron chi connectivity index (χ0n) is 28.0. The molecule has 248 valence electrons. The van der Waals surface area contributed by atoms with Crippen molar-refractivity contribution in [1.82, 2.24) is 4.90 Å². The van der Waals surface area contributed by atoms with Gasteiger partial charge in [0, 0.05) is 25.4 Å². The number of aliphatic hydroxyl groups excluding tert-OH is 1. The van der Waals surface area contributed by atoms with Gasteiger partial charge in [0.05, 0.1) is 6.10 Å². The third-order valence-corrected chi connectivity index (χ3v) is 12.7. The Morgan fingerprint density at radius 3 is 2.45 bits per heavy atom. The fraction of sp³-hybridized carbons (Fsp3) is 0.821. The van der Waals surface area contributed by atoms with Crippen LogP contribution < -0.4 is 0 Å². The second kappa shape index (κ2) is 15.8. The van der Waals surface area contributed by atoms with Crippen molar-refractivity contribution in [3.63, 3.8) is 0 Å². The molecule has 4 aliphatic carbocycles. The summed E-state index contributed by atoms with van der Waals surface area (Å²) in [5.41, 5.74) is 1.86. The maximum Gasteiger partial charge on any atom is 0.222 e. The minimum Gasteiger partial charge on any atom is -0.508 e. The Bertz CT molecular complexity index is 1060. The Kier molecular flexibility index (Phi) is 12.1. The average molecular weight is 612 g/mol. The van der Waals surface area contributed by atoms with Gasteiger partial charge in [-0.3, -0.25) is 4.79 Å². The molecule has 1 aromatic rings. The van der Waals surface area contributed by atoms with Gasteiger partial charge in [0.2, 0.25) is 5.91 Å². The van der Waals surface area contributed by atoms with Gasteiger partial charge in [-0.05, 0) is 104 Å². The number of phenols is 1. The van der Waals surface area contributed by atoms with E-state index in [2.05, 4.69) is 18.7 Å². The molecule has 6 unspecified atom stereocenters. The molecule has 1 aromatic carbocycles. The molecule has 7 atom stereocenters. The van der Waals surface area contributed by atoms with Crippen molar-refractivity contribution in [2.24, 2.45) is 29.1 Å². The Morgan fingerprint density at radius 2 is 1.68 bits per heavy atom. The Hall–Kier alpha value is -1.62. The Morgan fingerprint density at radius 1 is 0.955 bits per heavy atom. The number of amides is 1. The van der Waals surface area contributed by atoms with Crippen molar-refractivity contribution in [3.05, 3.63) is 29.3 Å². The van der Waals surface area contributed by atoms with Gasteiger partial charge in [0.25, 0.3) is 0 Å². The van der Waals surface area contributed by atoms with E-state index in [0.717, 1.165) is 81.5 Å². The molecule has 0 spiro atoms. The molecule has 4 nitrogen and oxygen atoms in total. The number of phenolic OH excluding ortho intramolecular Hbond substituents is 1. The maximum atomic E-state index is 16.1. The number of nitrogens with zero attached hydrogens (tertiary/aromatic N) is 1. The molecule has 44 heavy (non-hydrogen) atoms. The van der Waals surface area contributed by atoms with Gasteiger partial charge in [0.1, 0.15) is 11.9 Å². The van der Waals surface area contributed by atoms with Crippen LogP contribution in [-0.2, 0) is 11.2 Å². The van der Waals surface area contributed by atoms with Crippen LogP contribution in [0.1, 0.15) is 153 Å². The minimum atomic E-state index is -0.963. The van der Waals surface area contributed by atoms with E-state index in [9.17, 15) is 15.0 Å². The molecule has 0 bridgehead atoms. The second-order valence-corrected chi connectivity index (χ2v) is 15.6. The number of unbranched alkanes of at least 4 members (excludes halogenated alkanes) is 6. The zero-order chi connectivity index (χ0) is 31.1. The first kappa shape index (κ1) is 33.7. The van der Waals surface area contributed by atoms with Gasteiger partial charge in [-0.2, -0.15) is 0 Å². The zero-order valence-corrected chi connectivity index (χ0v) is 28.0. The number of halogens is 1. The molecule has 1 amide bonds. The van der Waals surface area contributed by atoms with Crippen LogP contribution in [0.5, 0.6) is 5.75 Å². The number of aromatic hydroxyl groups is 1. The summed E-state index contributed by atoms with van der Waals surface area (Å²) in [6, 6.07) is 5.57. The van der Waals surface area contributed by atoms with E-state index in [-0.39, 0.29) is 23.0 Å². The molecule has 4 aliphatic rings. The number of hydrogen-bond donors (Lipinski definition) is 2. The van der Waals surface area contributed by atoms with Crippen molar-refractivity contribution in [1.29, 1.82) is 0 Å². The van der Waals surface area contributed by atoms with E-state index in [1.165, 1.54) is 64.2 Å². The summed E-state index contributed by atoms with van der Waals surface area (Å²) in [5.74, 6) is 2.13. The summed E-state index contributed by atoms with van der Waals surface area (Å²) < 4.78 is 16.1. The van der Waals surface area contributed by atoms with E-state index < -0.39 is 12.3 Å². The largest absolute Gasteiger partial charge is 0.508 e. The normalized spacial score (nSPS) is 31.7. The predicted octanol–water partition coefficient (Wildman–Crippen LogP) is 9.50. The summed E-state index contributed by atoms with van der Waals surface area (Å²) in [7, 11) is 0. The summed E-state index contributed by atoms with van der Waals surface area (Å²) in [6.45, 7) is 6.11. The SMILES string of the molecule is CCCCCCCCN(CCCCC1Cc2cc(O)ccc2C2C(F)C[C@]3(C)C(O)CCC3C12)C(=O)CCC1CCCCC1. The van der Waals surface area contributed by atoms with E-state index in [0.29, 0.717) is 30.6 Å². The van der Waals surface area contributed by atoms with Crippen LogP contribution in [0.2, 0.25) is 0 Å². The number of fused-ring (bicyclic) bond motifs is 5. The molecule has 0 aliphatic heterocycles. The molecule has 2 N–H and O–H groups in total. The van der Waals surface area contributed by atoms with Crippen molar-refractivity contribution >= 4 is 5.91 Å². The molecule has 3 fully saturated rings. The summed E-state index contributed by atoms with van der Waals surface area (Å²) >= 11 is 0. The molecular weight excluding hydrogens is 549 g/mol. The number of benzene rings is 1. The highest BCUT2D eigenvalue weighted by molar-refractivity contribution is 5.76. The van der Waals surface area contributed by atoms with Crippen LogP contribution >= 0.6 is 0 Å². The highest BCUT2D eigenvalue weighted by Gasteiger charge is 2.59. The topological polar surface area (TPSA) is 60.8 Å². The van der Waals surface area contributed by atoms with Crippen molar-refractivity contribution in [3.8, 4) is 5.75 Å². The van der Waals surface area contributed by atoms with Gasteiger partial charge in [-0.15, -0.1) is 0 Å². The van der Waals surface area contributed by atoms with Crippen LogP contribution in [0.15, 0.2) is 18.2 Å². The molecule has 3 saturated carbocycles. The van der Waals surface area contributed by atoms with Crippen LogP contribution in [0, 0.1) is 29.1 Å². The molecular formula is C39H62FNO3. The molecule has 0 heterocycles. The fourth-order valence-corrected chi connectivity index (χ4v) is 10.1. The van der Waals surface area contributed by atoms with E-state index in [4.69, 9.17) is 0 Å². The Labute approximate surface area is 267 Å². The third kappa shape index (κ3) is 7.84. The number of carbonyl (C=O) groups is 1. The molecule has 0 saturated heterocycles. The van der Waals surface area contributed by atoms with Crippen LogP contribution in [0.25, 0.3) is 0 Å². The van der Waals surface area contributed by atoms with Gasteiger partial charge in [-0.25, -0.2) is 4.39 Å². The lowest BCUT2D eigenvalue weighted by Gasteiger charge is -2.54. The van der Waals surface area contributed by atoms with Gasteiger partial charge >= 0.3 is 0 Å².